The molecule has 2 aliphatic rings. The van der Waals surface area contributed by atoms with Gasteiger partial charge in [0.25, 0.3) is 5.91 Å². The Labute approximate surface area is 202 Å². The molecule has 2 atom stereocenters. The maximum absolute atomic E-state index is 13.7. The molecule has 1 aliphatic heterocycles. The summed E-state index contributed by atoms with van der Waals surface area (Å²) in [5, 5.41) is 0. The van der Waals surface area contributed by atoms with Crippen molar-refractivity contribution in [2.24, 2.45) is 0 Å². The Morgan fingerprint density at radius 3 is 2.18 bits per heavy atom. The smallest absolute Gasteiger partial charge is 0.410 e. The number of rotatable bonds is 5. The number of benzene rings is 2. The van der Waals surface area contributed by atoms with Gasteiger partial charge in [0.15, 0.2) is 0 Å². The number of nitrogens with zero attached hydrogens (tertiary/aromatic N) is 2. The van der Waals surface area contributed by atoms with E-state index in [0.717, 1.165) is 11.1 Å². The fourth-order valence-corrected chi connectivity index (χ4v) is 4.29. The number of hydrogen-bond acceptors (Lipinski definition) is 4. The maximum Gasteiger partial charge on any atom is 0.410 e. The second-order valence-electron chi connectivity index (χ2n) is 10.6. The molecule has 0 aromatic heterocycles. The standard InChI is InChI=1S/C28H36N2O4/c1-19-6-14-24(15-7-19)33-25(23-12-10-22(11-13-23)21-8-9-21)26(31)29-16-17-30(20(2)18-29)27(32)34-28(3,4)5/h6-7,10-15,20-21,25H,8-9,16-18H2,1-5H3/t20-,25?/m1/s1. The Balaban J connectivity index is 1.50. The second-order valence-corrected chi connectivity index (χ2v) is 10.6. The Kier molecular flexibility index (Phi) is 6.87. The molecule has 2 fully saturated rings. The van der Waals surface area contributed by atoms with Gasteiger partial charge in [-0.15, -0.1) is 0 Å². The predicted octanol–water partition coefficient (Wildman–Crippen LogP) is 5.46. The van der Waals surface area contributed by atoms with E-state index in [9.17, 15) is 9.59 Å². The minimum atomic E-state index is -0.740. The van der Waals surface area contributed by atoms with Gasteiger partial charge in [0, 0.05) is 31.2 Å². The van der Waals surface area contributed by atoms with E-state index in [1.54, 1.807) is 9.80 Å². The maximum atomic E-state index is 13.7. The number of amides is 2. The molecular formula is C28H36N2O4. The van der Waals surface area contributed by atoms with Crippen molar-refractivity contribution in [3.05, 3.63) is 65.2 Å². The molecule has 0 N–H and O–H groups in total. The van der Waals surface area contributed by atoms with Crippen LogP contribution in [0.15, 0.2) is 48.5 Å². The normalized spacial score (nSPS) is 19.5. The SMILES string of the molecule is Cc1ccc(OC(C(=O)N2CCN(C(=O)OC(C)(C)C)[C@H](C)C2)c2ccc(C3CC3)cc2)cc1. The lowest BCUT2D eigenvalue weighted by Crippen LogP contribution is -2.57. The Bertz CT molecular complexity index is 1010. The largest absolute Gasteiger partial charge is 0.476 e. The van der Waals surface area contributed by atoms with Crippen LogP contribution in [0.25, 0.3) is 0 Å². The molecule has 1 saturated carbocycles. The van der Waals surface area contributed by atoms with Crippen LogP contribution >= 0.6 is 0 Å². The van der Waals surface area contributed by atoms with Crippen molar-refractivity contribution < 1.29 is 19.1 Å². The Morgan fingerprint density at radius 1 is 0.971 bits per heavy atom. The number of ether oxygens (including phenoxy) is 2. The summed E-state index contributed by atoms with van der Waals surface area (Å²) in [6.07, 6.45) is 1.40. The lowest BCUT2D eigenvalue weighted by Gasteiger charge is -2.41. The first-order valence-corrected chi connectivity index (χ1v) is 12.2. The third kappa shape index (κ3) is 5.91. The van der Waals surface area contributed by atoms with Crippen LogP contribution in [0.5, 0.6) is 5.75 Å². The van der Waals surface area contributed by atoms with Gasteiger partial charge in [-0.25, -0.2) is 4.79 Å². The molecule has 182 valence electrons. The van der Waals surface area contributed by atoms with Crippen molar-refractivity contribution in [2.45, 2.75) is 71.1 Å². The van der Waals surface area contributed by atoms with Crippen molar-refractivity contribution >= 4 is 12.0 Å². The highest BCUT2D eigenvalue weighted by Crippen LogP contribution is 2.40. The third-order valence-corrected chi connectivity index (χ3v) is 6.35. The summed E-state index contributed by atoms with van der Waals surface area (Å²) >= 11 is 0. The van der Waals surface area contributed by atoms with Gasteiger partial charge in [0.1, 0.15) is 11.4 Å². The van der Waals surface area contributed by atoms with Gasteiger partial charge in [-0.3, -0.25) is 4.79 Å². The summed E-state index contributed by atoms with van der Waals surface area (Å²) in [6, 6.07) is 15.9. The highest BCUT2D eigenvalue weighted by molar-refractivity contribution is 5.83. The molecule has 4 rings (SSSR count). The molecular weight excluding hydrogens is 428 g/mol. The molecule has 2 amide bonds. The van der Waals surface area contributed by atoms with E-state index in [2.05, 4.69) is 12.1 Å². The van der Waals surface area contributed by atoms with Crippen LogP contribution in [0.4, 0.5) is 4.79 Å². The first-order chi connectivity index (χ1) is 16.1. The van der Waals surface area contributed by atoms with Gasteiger partial charge in [0.05, 0.1) is 0 Å². The molecule has 1 aliphatic carbocycles. The molecule has 0 radical (unpaired) electrons. The van der Waals surface area contributed by atoms with E-state index in [-0.39, 0.29) is 18.0 Å². The molecule has 2 aromatic rings. The summed E-state index contributed by atoms with van der Waals surface area (Å²) in [5.74, 6) is 1.23. The molecule has 2 aromatic carbocycles. The first kappa shape index (κ1) is 24.1. The van der Waals surface area contributed by atoms with Gasteiger partial charge in [0.2, 0.25) is 6.10 Å². The molecule has 6 nitrogen and oxygen atoms in total. The van der Waals surface area contributed by atoms with Gasteiger partial charge < -0.3 is 19.3 Å². The zero-order valence-corrected chi connectivity index (χ0v) is 20.9. The van der Waals surface area contributed by atoms with Gasteiger partial charge >= 0.3 is 6.09 Å². The minimum Gasteiger partial charge on any atom is -0.476 e. The van der Waals surface area contributed by atoms with E-state index in [1.807, 2.05) is 71.0 Å². The highest BCUT2D eigenvalue weighted by atomic mass is 16.6. The van der Waals surface area contributed by atoms with E-state index >= 15 is 0 Å². The van der Waals surface area contributed by atoms with Crippen LogP contribution in [-0.2, 0) is 9.53 Å². The van der Waals surface area contributed by atoms with Crippen molar-refractivity contribution in [1.29, 1.82) is 0 Å². The van der Waals surface area contributed by atoms with Gasteiger partial charge in [-0.2, -0.15) is 0 Å². The molecule has 1 heterocycles. The summed E-state index contributed by atoms with van der Waals surface area (Å²) in [4.78, 5) is 29.8. The van der Waals surface area contributed by atoms with Crippen LogP contribution < -0.4 is 4.74 Å². The Morgan fingerprint density at radius 2 is 1.62 bits per heavy atom. The van der Waals surface area contributed by atoms with Crippen LogP contribution in [0.2, 0.25) is 0 Å². The minimum absolute atomic E-state index is 0.0876. The quantitative estimate of drug-likeness (QED) is 0.590. The molecule has 34 heavy (non-hydrogen) atoms. The van der Waals surface area contributed by atoms with E-state index in [1.165, 1.54) is 18.4 Å². The van der Waals surface area contributed by atoms with Crippen LogP contribution in [0, 0.1) is 6.92 Å². The summed E-state index contributed by atoms with van der Waals surface area (Å²) in [5.41, 5.74) is 2.75. The number of hydrogen-bond donors (Lipinski definition) is 0. The summed E-state index contributed by atoms with van der Waals surface area (Å²) < 4.78 is 11.8. The molecule has 0 spiro atoms. The highest BCUT2D eigenvalue weighted by Gasteiger charge is 2.36. The Hall–Kier alpha value is -3.02. The topological polar surface area (TPSA) is 59.1 Å². The van der Waals surface area contributed by atoms with E-state index < -0.39 is 11.7 Å². The van der Waals surface area contributed by atoms with E-state index in [4.69, 9.17) is 9.47 Å². The van der Waals surface area contributed by atoms with Gasteiger partial charge in [-0.1, -0.05) is 42.0 Å². The van der Waals surface area contributed by atoms with Crippen LogP contribution in [-0.4, -0.2) is 53.1 Å². The average Bonchev–Trinajstić information content (AvgIpc) is 3.63. The predicted molar refractivity (Wildman–Crippen MR) is 132 cm³/mol. The lowest BCUT2D eigenvalue weighted by atomic mass is 10.0. The monoisotopic (exact) mass is 464 g/mol. The van der Waals surface area contributed by atoms with Crippen LogP contribution in [0.1, 0.15) is 69.2 Å². The molecule has 1 saturated heterocycles. The number of aryl methyl sites for hydroxylation is 1. The van der Waals surface area contributed by atoms with Gasteiger partial charge in [-0.05, 0) is 71.1 Å². The third-order valence-electron chi connectivity index (χ3n) is 6.35. The second kappa shape index (κ2) is 9.69. The molecule has 0 bridgehead atoms. The lowest BCUT2D eigenvalue weighted by molar-refractivity contribution is -0.142. The number of carbonyl (C=O) groups excluding carboxylic acids is 2. The fraction of sp³-hybridized carbons (Fsp3) is 0.500. The average molecular weight is 465 g/mol. The molecule has 6 heteroatoms. The number of piperazine rings is 1. The molecule has 1 unspecified atom stereocenters. The first-order valence-electron chi connectivity index (χ1n) is 12.2. The van der Waals surface area contributed by atoms with Crippen molar-refractivity contribution in [1.82, 2.24) is 9.80 Å². The van der Waals surface area contributed by atoms with Crippen molar-refractivity contribution in [2.75, 3.05) is 19.6 Å². The van der Waals surface area contributed by atoms with Crippen molar-refractivity contribution in [3.8, 4) is 5.75 Å². The fourth-order valence-electron chi connectivity index (χ4n) is 4.29. The van der Waals surface area contributed by atoms with E-state index in [0.29, 0.717) is 31.3 Å². The number of carbonyl (C=O) groups is 2. The zero-order chi connectivity index (χ0) is 24.5. The summed E-state index contributed by atoms with van der Waals surface area (Å²) in [7, 11) is 0. The zero-order valence-electron chi connectivity index (χ0n) is 20.9. The van der Waals surface area contributed by atoms with Crippen molar-refractivity contribution in [3.63, 3.8) is 0 Å². The van der Waals surface area contributed by atoms with Crippen LogP contribution in [0.3, 0.4) is 0 Å². The summed E-state index contributed by atoms with van der Waals surface area (Å²) in [6.45, 7) is 10.9.